The van der Waals surface area contributed by atoms with Crippen LogP contribution in [-0.4, -0.2) is 36.3 Å². The lowest BCUT2D eigenvalue weighted by molar-refractivity contribution is -0.384. The van der Waals surface area contributed by atoms with E-state index in [1.54, 1.807) is 57.4 Å². The molecule has 42 heavy (non-hydrogen) atoms. The van der Waals surface area contributed by atoms with Gasteiger partial charge in [-0.25, -0.2) is 9.79 Å². The summed E-state index contributed by atoms with van der Waals surface area (Å²) in [4.78, 5) is 42.8. The summed E-state index contributed by atoms with van der Waals surface area (Å²) in [5.41, 5.74) is 1.26. The van der Waals surface area contributed by atoms with Gasteiger partial charge < -0.3 is 18.6 Å². The minimum atomic E-state index is -0.800. The van der Waals surface area contributed by atoms with Crippen molar-refractivity contribution in [2.24, 2.45) is 4.99 Å². The summed E-state index contributed by atoms with van der Waals surface area (Å²) in [7, 11) is 3.01. The maximum atomic E-state index is 13.9. The smallest absolute Gasteiger partial charge is 0.338 e. The molecule has 11 nitrogen and oxygen atoms in total. The van der Waals surface area contributed by atoms with Crippen molar-refractivity contribution in [3.8, 4) is 22.8 Å². The SMILES string of the molecule is CCOC(=O)C1=C(C)N=c2s/c(=C/c3ccc(-c4cc([N+](=O)[O-])ccc4OC)o3)c(=O)n2[C@@H]1c1ccc(OC)c(Br)c1. The van der Waals surface area contributed by atoms with Crippen LogP contribution < -0.4 is 24.4 Å². The molecule has 5 rings (SSSR count). The van der Waals surface area contributed by atoms with Crippen molar-refractivity contribution < 1.29 is 28.3 Å². The lowest BCUT2D eigenvalue weighted by Crippen LogP contribution is -2.39. The van der Waals surface area contributed by atoms with E-state index in [4.69, 9.17) is 18.6 Å². The summed E-state index contributed by atoms with van der Waals surface area (Å²) in [6.45, 7) is 3.58. The van der Waals surface area contributed by atoms with Crippen molar-refractivity contribution in [2.75, 3.05) is 20.8 Å². The van der Waals surface area contributed by atoms with E-state index in [0.29, 0.717) is 53.6 Å². The largest absolute Gasteiger partial charge is 0.496 e. The van der Waals surface area contributed by atoms with Crippen molar-refractivity contribution in [3.63, 3.8) is 0 Å². The first-order chi connectivity index (χ1) is 20.2. The van der Waals surface area contributed by atoms with Crippen LogP contribution >= 0.6 is 27.3 Å². The summed E-state index contributed by atoms with van der Waals surface area (Å²) in [5.74, 6) is 1.10. The van der Waals surface area contributed by atoms with Gasteiger partial charge in [0, 0.05) is 18.2 Å². The molecule has 0 saturated carbocycles. The number of benzene rings is 2. The van der Waals surface area contributed by atoms with Crippen LogP contribution in [-0.2, 0) is 9.53 Å². The first-order valence-corrected chi connectivity index (χ1v) is 14.2. The van der Waals surface area contributed by atoms with Crippen LogP contribution in [0.5, 0.6) is 11.5 Å². The van der Waals surface area contributed by atoms with Crippen LogP contribution in [0.15, 0.2) is 78.5 Å². The number of carbonyl (C=O) groups is 1. The molecule has 0 unspecified atom stereocenters. The number of methoxy groups -OCH3 is 2. The maximum Gasteiger partial charge on any atom is 0.338 e. The second-order valence-corrected chi connectivity index (χ2v) is 10.9. The summed E-state index contributed by atoms with van der Waals surface area (Å²) >= 11 is 4.65. The predicted molar refractivity (Wildman–Crippen MR) is 158 cm³/mol. The third-order valence-corrected chi connectivity index (χ3v) is 8.17. The molecule has 13 heteroatoms. The van der Waals surface area contributed by atoms with Gasteiger partial charge in [0.1, 0.15) is 23.0 Å². The number of fused-ring (bicyclic) bond motifs is 1. The van der Waals surface area contributed by atoms with E-state index in [1.165, 1.54) is 29.9 Å². The minimum absolute atomic E-state index is 0.116. The number of hydrogen-bond donors (Lipinski definition) is 0. The van der Waals surface area contributed by atoms with Gasteiger partial charge in [-0.2, -0.15) is 0 Å². The molecule has 0 N–H and O–H groups in total. The molecular weight excluding hydrogens is 630 g/mol. The Morgan fingerprint density at radius 2 is 1.90 bits per heavy atom. The molecule has 0 spiro atoms. The standard InChI is InChI=1S/C29H24BrN3O8S/c1-5-40-28(35)25-15(2)31-29-32(26(25)16-6-9-23(39-4)20(30)12-16)27(34)24(42-29)14-18-8-11-22(41-18)19-13-17(33(36)37)7-10-21(19)38-3/h6-14,26H,5H2,1-4H3/b24-14+/t26-/m1/s1. The number of aromatic nitrogens is 1. The normalized spacial score (nSPS) is 14.8. The van der Waals surface area contributed by atoms with Crippen molar-refractivity contribution in [1.82, 2.24) is 4.57 Å². The highest BCUT2D eigenvalue weighted by molar-refractivity contribution is 9.10. The molecule has 1 aliphatic heterocycles. The molecular formula is C29H24BrN3O8S. The van der Waals surface area contributed by atoms with Gasteiger partial charge in [-0.1, -0.05) is 17.4 Å². The lowest BCUT2D eigenvalue weighted by Gasteiger charge is -2.25. The predicted octanol–water partition coefficient (Wildman–Crippen LogP) is 4.75. The fourth-order valence-electron chi connectivity index (χ4n) is 4.67. The number of halogens is 1. The number of non-ortho nitro benzene ring substituents is 1. The van der Waals surface area contributed by atoms with E-state index >= 15 is 0 Å². The van der Waals surface area contributed by atoms with E-state index in [-0.39, 0.29) is 23.4 Å². The third-order valence-electron chi connectivity index (χ3n) is 6.57. The molecule has 0 saturated heterocycles. The summed E-state index contributed by atoms with van der Waals surface area (Å²) in [6.07, 6.45) is 1.57. The van der Waals surface area contributed by atoms with E-state index < -0.39 is 16.9 Å². The van der Waals surface area contributed by atoms with E-state index in [0.717, 1.165) is 11.3 Å². The Balaban J connectivity index is 1.64. The zero-order valence-electron chi connectivity index (χ0n) is 22.9. The van der Waals surface area contributed by atoms with Crippen molar-refractivity contribution in [3.05, 3.63) is 105 Å². The molecule has 0 fully saturated rings. The number of nitro groups is 1. The van der Waals surface area contributed by atoms with Crippen LogP contribution in [0.2, 0.25) is 0 Å². The molecule has 2 aromatic heterocycles. The molecule has 1 aliphatic rings. The number of allylic oxidation sites excluding steroid dienone is 1. The molecule has 0 aliphatic carbocycles. The molecule has 216 valence electrons. The highest BCUT2D eigenvalue weighted by Crippen LogP contribution is 2.36. The second kappa shape index (κ2) is 11.8. The van der Waals surface area contributed by atoms with Gasteiger partial charge in [-0.3, -0.25) is 19.5 Å². The highest BCUT2D eigenvalue weighted by Gasteiger charge is 2.33. The van der Waals surface area contributed by atoms with Crippen molar-refractivity contribution >= 4 is 45.0 Å². The average Bonchev–Trinajstić information content (AvgIpc) is 3.55. The second-order valence-electron chi connectivity index (χ2n) is 9.04. The summed E-state index contributed by atoms with van der Waals surface area (Å²) in [6, 6.07) is 12.0. The highest BCUT2D eigenvalue weighted by atomic mass is 79.9. The molecule has 0 bridgehead atoms. The molecule has 0 amide bonds. The number of esters is 1. The van der Waals surface area contributed by atoms with Crippen molar-refractivity contribution in [1.29, 1.82) is 0 Å². The molecule has 1 atom stereocenters. The molecule has 4 aromatic rings. The monoisotopic (exact) mass is 653 g/mol. The Bertz CT molecular complexity index is 1940. The average molecular weight is 654 g/mol. The van der Waals surface area contributed by atoms with Gasteiger partial charge in [0.2, 0.25) is 0 Å². The van der Waals surface area contributed by atoms with Gasteiger partial charge in [0.05, 0.1) is 57.6 Å². The van der Waals surface area contributed by atoms with Crippen LogP contribution in [0, 0.1) is 10.1 Å². The Hall–Kier alpha value is -4.49. The number of thiazole rings is 1. The Labute approximate surface area is 251 Å². The van der Waals surface area contributed by atoms with E-state index in [2.05, 4.69) is 20.9 Å². The number of nitrogens with zero attached hydrogens (tertiary/aromatic N) is 3. The lowest BCUT2D eigenvalue weighted by atomic mass is 9.96. The molecule has 0 radical (unpaired) electrons. The maximum absolute atomic E-state index is 13.9. The number of hydrogen-bond acceptors (Lipinski definition) is 10. The number of nitro benzene ring substituents is 1. The fourth-order valence-corrected chi connectivity index (χ4v) is 6.25. The van der Waals surface area contributed by atoms with Crippen LogP contribution in [0.4, 0.5) is 5.69 Å². The first-order valence-electron chi connectivity index (χ1n) is 12.6. The van der Waals surface area contributed by atoms with Crippen LogP contribution in [0.3, 0.4) is 0 Å². The van der Waals surface area contributed by atoms with E-state index in [1.807, 2.05) is 0 Å². The van der Waals surface area contributed by atoms with Gasteiger partial charge >= 0.3 is 5.97 Å². The van der Waals surface area contributed by atoms with Gasteiger partial charge in [-0.15, -0.1) is 0 Å². The number of rotatable bonds is 8. The Kier molecular flexibility index (Phi) is 8.14. The topological polar surface area (TPSA) is 135 Å². The molecule has 3 heterocycles. The van der Waals surface area contributed by atoms with Crippen LogP contribution in [0.25, 0.3) is 17.4 Å². The number of carbonyl (C=O) groups excluding carboxylic acids is 1. The Morgan fingerprint density at radius 3 is 2.57 bits per heavy atom. The Morgan fingerprint density at radius 1 is 1.17 bits per heavy atom. The van der Waals surface area contributed by atoms with Crippen molar-refractivity contribution in [2.45, 2.75) is 19.9 Å². The quantitative estimate of drug-likeness (QED) is 0.151. The summed E-state index contributed by atoms with van der Waals surface area (Å²) < 4.78 is 24.5. The first kappa shape index (κ1) is 29.0. The third kappa shape index (κ3) is 5.28. The molecule has 2 aromatic carbocycles. The van der Waals surface area contributed by atoms with Gasteiger partial charge in [-0.05, 0) is 65.7 Å². The van der Waals surface area contributed by atoms with Crippen LogP contribution in [0.1, 0.15) is 31.2 Å². The number of furan rings is 1. The number of ether oxygens (including phenoxy) is 3. The zero-order chi connectivity index (χ0) is 30.1. The van der Waals surface area contributed by atoms with E-state index in [9.17, 15) is 19.7 Å². The van der Waals surface area contributed by atoms with Gasteiger partial charge in [0.25, 0.3) is 11.2 Å². The summed E-state index contributed by atoms with van der Waals surface area (Å²) in [5, 5.41) is 11.3. The minimum Gasteiger partial charge on any atom is -0.496 e. The zero-order valence-corrected chi connectivity index (χ0v) is 25.3. The fraction of sp³-hybridized carbons (Fsp3) is 0.207. The van der Waals surface area contributed by atoms with Gasteiger partial charge in [0.15, 0.2) is 4.80 Å².